The van der Waals surface area contributed by atoms with Crippen molar-refractivity contribution < 1.29 is 27.4 Å². The predicted octanol–water partition coefficient (Wildman–Crippen LogP) is 6.89. The highest BCUT2D eigenvalue weighted by atomic mass is 19.4. The van der Waals surface area contributed by atoms with Gasteiger partial charge >= 0.3 is 6.18 Å². The fourth-order valence-electron chi connectivity index (χ4n) is 4.58. The van der Waals surface area contributed by atoms with Crippen LogP contribution in [0.4, 0.5) is 13.2 Å². The summed E-state index contributed by atoms with van der Waals surface area (Å²) in [5.41, 5.74) is 2.46. The second kappa shape index (κ2) is 10.5. The number of rotatable bonds is 8. The van der Waals surface area contributed by atoms with E-state index in [9.17, 15) is 18.0 Å². The largest absolute Gasteiger partial charge is 0.489 e. The molecule has 0 amide bonds. The highest BCUT2D eigenvalue weighted by Gasteiger charge is 2.30. The molecule has 4 aromatic rings. The number of imidazole rings is 1. The molecule has 0 bridgehead atoms. The van der Waals surface area contributed by atoms with Crippen LogP contribution in [-0.4, -0.2) is 15.8 Å². The lowest BCUT2D eigenvalue weighted by Crippen LogP contribution is -2.18. The Labute approximate surface area is 212 Å². The van der Waals surface area contributed by atoms with Gasteiger partial charge in [0.25, 0.3) is 0 Å². The summed E-state index contributed by atoms with van der Waals surface area (Å²) >= 11 is 0. The number of carbonyl (C=O) groups is 1. The highest BCUT2D eigenvalue weighted by Crippen LogP contribution is 2.36. The summed E-state index contributed by atoms with van der Waals surface area (Å²) in [6.07, 6.45) is 1.04. The molecule has 0 saturated carbocycles. The third-order valence-electron chi connectivity index (χ3n) is 6.46. The predicted molar refractivity (Wildman–Crippen MR) is 132 cm³/mol. The van der Waals surface area contributed by atoms with Gasteiger partial charge in [0.05, 0.1) is 5.56 Å². The van der Waals surface area contributed by atoms with Gasteiger partial charge in [-0.1, -0.05) is 30.3 Å². The van der Waals surface area contributed by atoms with Crippen molar-refractivity contribution in [3.05, 3.63) is 113 Å². The number of ketones is 1. The lowest BCUT2D eigenvalue weighted by atomic mass is 9.87. The van der Waals surface area contributed by atoms with Crippen LogP contribution >= 0.6 is 0 Å². The van der Waals surface area contributed by atoms with E-state index in [1.165, 1.54) is 12.1 Å². The Kier molecular flexibility index (Phi) is 6.99. The van der Waals surface area contributed by atoms with Crippen LogP contribution in [0.5, 0.6) is 11.5 Å². The van der Waals surface area contributed by atoms with Crippen molar-refractivity contribution >= 4 is 5.78 Å². The fourth-order valence-corrected chi connectivity index (χ4v) is 4.58. The second-order valence-corrected chi connectivity index (χ2v) is 8.91. The number of hydrogen-bond acceptors (Lipinski definition) is 4. The molecule has 1 N–H and O–H groups in total. The van der Waals surface area contributed by atoms with Gasteiger partial charge in [-0.25, -0.2) is 4.98 Å². The number of H-pyrrole nitrogens is 1. The molecule has 5 nitrogen and oxygen atoms in total. The summed E-state index contributed by atoms with van der Waals surface area (Å²) in [6.45, 7) is 0.0550. The summed E-state index contributed by atoms with van der Waals surface area (Å²) < 4.78 is 51.3. The van der Waals surface area contributed by atoms with E-state index in [0.29, 0.717) is 36.3 Å². The Bertz CT molecular complexity index is 1350. The molecule has 37 heavy (non-hydrogen) atoms. The maximum atomic E-state index is 12.9. The van der Waals surface area contributed by atoms with E-state index < -0.39 is 11.7 Å². The summed E-state index contributed by atoms with van der Waals surface area (Å²) in [4.78, 5) is 20.1. The van der Waals surface area contributed by atoms with Crippen LogP contribution in [0, 0.1) is 0 Å². The topological polar surface area (TPSA) is 64.2 Å². The number of ether oxygens (including phenoxy) is 2. The number of halogens is 3. The summed E-state index contributed by atoms with van der Waals surface area (Å²) in [7, 11) is 0. The van der Waals surface area contributed by atoms with Crippen LogP contribution in [-0.2, 0) is 25.6 Å². The minimum atomic E-state index is -4.42. The molecule has 1 aliphatic carbocycles. The van der Waals surface area contributed by atoms with Crippen molar-refractivity contribution in [2.24, 2.45) is 0 Å². The summed E-state index contributed by atoms with van der Waals surface area (Å²) in [5.74, 6) is 1.71. The molecule has 8 heteroatoms. The number of hydrogen-bond donors (Lipinski definition) is 1. The van der Waals surface area contributed by atoms with E-state index in [-0.39, 0.29) is 18.5 Å². The first kappa shape index (κ1) is 24.6. The van der Waals surface area contributed by atoms with Crippen LogP contribution < -0.4 is 9.47 Å². The van der Waals surface area contributed by atoms with Crippen LogP contribution in [0.25, 0.3) is 0 Å². The van der Waals surface area contributed by atoms with Crippen LogP contribution in [0.3, 0.4) is 0 Å². The van der Waals surface area contributed by atoms with E-state index in [4.69, 9.17) is 9.47 Å². The molecular formula is C29H25F3N2O3. The van der Waals surface area contributed by atoms with Crippen molar-refractivity contribution in [2.75, 3.05) is 0 Å². The zero-order valence-corrected chi connectivity index (χ0v) is 19.9. The molecule has 1 aliphatic rings. The summed E-state index contributed by atoms with van der Waals surface area (Å²) in [6, 6.07) is 17.9. The smallest absolute Gasteiger partial charge is 0.416 e. The Morgan fingerprint density at radius 2 is 1.76 bits per heavy atom. The number of alkyl halides is 3. The molecule has 0 fully saturated rings. The van der Waals surface area contributed by atoms with E-state index in [2.05, 4.69) is 9.97 Å². The zero-order valence-electron chi connectivity index (χ0n) is 19.9. The van der Waals surface area contributed by atoms with Gasteiger partial charge in [0.2, 0.25) is 0 Å². The monoisotopic (exact) mass is 506 g/mol. The van der Waals surface area contributed by atoms with Gasteiger partial charge in [0.15, 0.2) is 5.78 Å². The van der Waals surface area contributed by atoms with Crippen molar-refractivity contribution in [3.63, 3.8) is 0 Å². The molecule has 3 aromatic carbocycles. The van der Waals surface area contributed by atoms with Crippen LogP contribution in [0.1, 0.15) is 57.4 Å². The Hall–Kier alpha value is -4.07. The third kappa shape index (κ3) is 5.69. The van der Waals surface area contributed by atoms with E-state index in [1.807, 2.05) is 30.3 Å². The number of Topliss-reactive ketones (excluding diaryl/α,β-unsaturated/α-hetero) is 1. The Morgan fingerprint density at radius 3 is 2.46 bits per heavy atom. The minimum Gasteiger partial charge on any atom is -0.489 e. The van der Waals surface area contributed by atoms with Crippen molar-refractivity contribution in [3.8, 4) is 11.5 Å². The first-order valence-corrected chi connectivity index (χ1v) is 12.1. The number of aromatic nitrogens is 2. The van der Waals surface area contributed by atoms with E-state index >= 15 is 0 Å². The molecule has 0 radical (unpaired) electrons. The number of aromatic amines is 1. The maximum Gasteiger partial charge on any atom is 0.416 e. The van der Waals surface area contributed by atoms with Crippen molar-refractivity contribution in [1.82, 2.24) is 9.97 Å². The molecule has 1 atom stereocenters. The number of nitrogens with zero attached hydrogens (tertiary/aromatic N) is 1. The molecule has 0 saturated heterocycles. The molecule has 190 valence electrons. The quantitative estimate of drug-likeness (QED) is 0.283. The number of fused-ring (bicyclic) bond motifs is 1. The maximum absolute atomic E-state index is 12.9. The van der Waals surface area contributed by atoms with E-state index in [0.717, 1.165) is 41.1 Å². The van der Waals surface area contributed by atoms with Gasteiger partial charge in [0.1, 0.15) is 30.0 Å². The lowest BCUT2D eigenvalue weighted by molar-refractivity contribution is -0.137. The Morgan fingerprint density at radius 1 is 0.973 bits per heavy atom. The van der Waals surface area contributed by atoms with Crippen molar-refractivity contribution in [2.45, 2.75) is 44.6 Å². The average Bonchev–Trinajstić information content (AvgIpc) is 3.41. The van der Waals surface area contributed by atoms with Gasteiger partial charge in [0, 0.05) is 36.4 Å². The summed E-state index contributed by atoms with van der Waals surface area (Å²) in [5, 5.41) is 0. The minimum absolute atomic E-state index is 0.0550. The Balaban J connectivity index is 1.46. The fraction of sp³-hybridized carbons (Fsp3) is 0.241. The first-order chi connectivity index (χ1) is 17.9. The van der Waals surface area contributed by atoms with Crippen LogP contribution in [0.15, 0.2) is 79.1 Å². The average molecular weight is 507 g/mol. The molecule has 1 aromatic heterocycles. The molecule has 1 unspecified atom stereocenters. The SMILES string of the molecule is O=C1CCCc2c1ccc(OC(Cc1ncc[nH]1)c1ccccc1)c2COc1ccc(C(F)(F)F)cc1. The molecule has 0 spiro atoms. The first-order valence-electron chi connectivity index (χ1n) is 12.1. The zero-order chi connectivity index (χ0) is 25.8. The lowest BCUT2D eigenvalue weighted by Gasteiger charge is -2.25. The van der Waals surface area contributed by atoms with Gasteiger partial charge in [-0.05, 0) is 60.4 Å². The third-order valence-corrected chi connectivity index (χ3v) is 6.46. The molecule has 5 rings (SSSR count). The van der Waals surface area contributed by atoms with E-state index in [1.54, 1.807) is 24.5 Å². The molecule has 0 aliphatic heterocycles. The number of benzene rings is 3. The number of nitrogens with one attached hydrogen (secondary N) is 1. The van der Waals surface area contributed by atoms with Gasteiger partial charge in [-0.15, -0.1) is 0 Å². The van der Waals surface area contributed by atoms with Crippen molar-refractivity contribution in [1.29, 1.82) is 0 Å². The van der Waals surface area contributed by atoms with Gasteiger partial charge in [-0.3, -0.25) is 4.79 Å². The standard InChI is InChI=1S/C29H25F3N2O3/c30-29(31,32)20-9-11-21(12-10-20)36-18-24-22-7-4-8-25(35)23(22)13-14-26(24)37-27(17-28-33-15-16-34-28)19-5-2-1-3-6-19/h1-3,5-6,9-16,27H,4,7-8,17-18H2,(H,33,34). The van der Waals surface area contributed by atoms with Crippen LogP contribution in [0.2, 0.25) is 0 Å². The number of carbonyl (C=O) groups excluding carboxylic acids is 1. The molecular weight excluding hydrogens is 481 g/mol. The second-order valence-electron chi connectivity index (χ2n) is 8.91. The van der Waals surface area contributed by atoms with Gasteiger partial charge in [-0.2, -0.15) is 13.2 Å². The molecule has 1 heterocycles. The normalized spacial score (nSPS) is 14.2. The highest BCUT2D eigenvalue weighted by molar-refractivity contribution is 5.99. The van der Waals surface area contributed by atoms with Gasteiger partial charge < -0.3 is 14.5 Å².